The molecule has 0 saturated heterocycles. The van der Waals surface area contributed by atoms with Crippen molar-refractivity contribution < 1.29 is 14.6 Å². The summed E-state index contributed by atoms with van der Waals surface area (Å²) in [5.41, 5.74) is 1.75. The third-order valence-corrected chi connectivity index (χ3v) is 8.13. The van der Waals surface area contributed by atoms with E-state index in [9.17, 15) is 20.2 Å². The van der Waals surface area contributed by atoms with Gasteiger partial charge in [0.05, 0.1) is 40.0 Å². The number of hydrogen-bond acceptors (Lipinski definition) is 5. The molecule has 200 valence electrons. The van der Waals surface area contributed by atoms with E-state index in [1.54, 1.807) is 24.3 Å². The molecular formula is C26H14Cl6N2O5. The lowest BCUT2D eigenvalue weighted by atomic mass is 10.0. The highest BCUT2D eigenvalue weighted by Crippen LogP contribution is 2.46. The number of ether oxygens (including phenoxy) is 1. The van der Waals surface area contributed by atoms with Gasteiger partial charge in [-0.1, -0.05) is 93.9 Å². The largest absolute Gasteiger partial charge is 0.454 e. The van der Waals surface area contributed by atoms with Gasteiger partial charge in [-0.2, -0.15) is 0 Å². The van der Waals surface area contributed by atoms with Crippen LogP contribution in [0.25, 0.3) is 0 Å². The maximum Gasteiger partial charge on any atom is 0.269 e. The van der Waals surface area contributed by atoms with E-state index in [-0.39, 0.29) is 65.9 Å². The summed E-state index contributed by atoms with van der Waals surface area (Å²) in [5, 5.41) is 23.1. The lowest BCUT2D eigenvalue weighted by Crippen LogP contribution is -1.99. The van der Waals surface area contributed by atoms with Crippen molar-refractivity contribution in [3.63, 3.8) is 0 Å². The number of benzene rings is 4. The Morgan fingerprint density at radius 1 is 0.590 bits per heavy atom. The van der Waals surface area contributed by atoms with E-state index in [1.807, 2.05) is 0 Å². The van der Waals surface area contributed by atoms with Gasteiger partial charge in [-0.25, -0.2) is 0 Å². The predicted molar refractivity (Wildman–Crippen MR) is 155 cm³/mol. The molecule has 0 heterocycles. The SMILES string of the molecule is O=[N+]([O-])c1cccc(Cc2c(Cl)c(Cl)cc(Oc3cc(Cl)c(Cl)c(Cc4cccc([N+](=O)[O-])c4)c3Cl)c2Cl)c1. The summed E-state index contributed by atoms with van der Waals surface area (Å²) in [6, 6.07) is 14.9. The standard InChI is InChI=1S/C26H14Cl6N2O5/c27-19-11-21(25(31)17(23(19)29)9-13-3-1-5-15(7-13)33(35)36)39-22-12-20(28)24(30)18(26(22)32)10-14-4-2-6-16(8-14)34(37)38/h1-8,11-12H,9-10H2. The Hall–Kier alpha value is -2.78. The monoisotopic (exact) mass is 644 g/mol. The van der Waals surface area contributed by atoms with Crippen LogP contribution in [0.3, 0.4) is 0 Å². The number of halogens is 6. The molecule has 0 aliphatic heterocycles. The third-order valence-electron chi connectivity index (χ3n) is 5.65. The smallest absolute Gasteiger partial charge is 0.269 e. The van der Waals surface area contributed by atoms with Gasteiger partial charge < -0.3 is 4.74 Å². The summed E-state index contributed by atoms with van der Waals surface area (Å²) in [7, 11) is 0. The van der Waals surface area contributed by atoms with E-state index in [0.29, 0.717) is 22.3 Å². The van der Waals surface area contributed by atoms with E-state index >= 15 is 0 Å². The van der Waals surface area contributed by atoms with Gasteiger partial charge in [0.2, 0.25) is 0 Å². The van der Waals surface area contributed by atoms with Crippen molar-refractivity contribution in [1.29, 1.82) is 0 Å². The van der Waals surface area contributed by atoms with Crippen molar-refractivity contribution in [3.05, 3.63) is 133 Å². The van der Waals surface area contributed by atoms with Crippen LogP contribution in [-0.4, -0.2) is 9.85 Å². The fourth-order valence-corrected chi connectivity index (χ4v) is 5.27. The number of hydrogen-bond donors (Lipinski definition) is 0. The van der Waals surface area contributed by atoms with Crippen LogP contribution in [0.4, 0.5) is 11.4 Å². The first kappa shape index (κ1) is 29.2. The highest BCUT2D eigenvalue weighted by Gasteiger charge is 2.22. The van der Waals surface area contributed by atoms with Crippen LogP contribution in [-0.2, 0) is 12.8 Å². The summed E-state index contributed by atoms with van der Waals surface area (Å²) in [4.78, 5) is 21.3. The van der Waals surface area contributed by atoms with E-state index < -0.39 is 9.85 Å². The van der Waals surface area contributed by atoms with Gasteiger partial charge in [0.15, 0.2) is 0 Å². The van der Waals surface area contributed by atoms with Crippen molar-refractivity contribution in [2.45, 2.75) is 12.8 Å². The van der Waals surface area contributed by atoms with Gasteiger partial charge >= 0.3 is 0 Å². The zero-order valence-electron chi connectivity index (χ0n) is 19.4. The molecule has 0 aliphatic carbocycles. The second kappa shape index (κ2) is 12.2. The third kappa shape index (κ3) is 6.52. The Morgan fingerprint density at radius 3 is 1.33 bits per heavy atom. The molecule has 0 unspecified atom stereocenters. The summed E-state index contributed by atoms with van der Waals surface area (Å²) < 4.78 is 6.03. The fraction of sp³-hybridized carbons (Fsp3) is 0.0769. The first-order valence-corrected chi connectivity index (χ1v) is 13.2. The highest BCUT2D eigenvalue weighted by molar-refractivity contribution is 6.45. The van der Waals surface area contributed by atoms with Gasteiger partial charge in [-0.3, -0.25) is 20.2 Å². The van der Waals surface area contributed by atoms with Gasteiger partial charge in [0, 0.05) is 49.2 Å². The van der Waals surface area contributed by atoms with E-state index in [1.165, 1.54) is 36.4 Å². The number of nitrogens with zero attached hydrogens (tertiary/aromatic N) is 2. The Kier molecular flexibility index (Phi) is 9.11. The van der Waals surface area contributed by atoms with Crippen LogP contribution in [0, 0.1) is 20.2 Å². The Bertz CT molecular complexity index is 1510. The van der Waals surface area contributed by atoms with Crippen molar-refractivity contribution in [1.82, 2.24) is 0 Å². The molecule has 4 rings (SSSR count). The molecule has 0 aromatic heterocycles. The topological polar surface area (TPSA) is 95.5 Å². The molecule has 4 aromatic rings. The Morgan fingerprint density at radius 2 is 0.974 bits per heavy atom. The number of rotatable bonds is 8. The van der Waals surface area contributed by atoms with Crippen molar-refractivity contribution >= 4 is 81.0 Å². The molecule has 7 nitrogen and oxygen atoms in total. The van der Waals surface area contributed by atoms with Crippen LogP contribution in [0.15, 0.2) is 60.7 Å². The molecule has 0 atom stereocenters. The first-order chi connectivity index (χ1) is 18.5. The molecule has 0 aliphatic rings. The zero-order chi connectivity index (χ0) is 28.4. The predicted octanol–water partition coefficient (Wildman–Crippen LogP) is 10.4. The molecule has 39 heavy (non-hydrogen) atoms. The first-order valence-electron chi connectivity index (χ1n) is 10.9. The molecule has 0 radical (unpaired) electrons. The highest BCUT2D eigenvalue weighted by atomic mass is 35.5. The molecule has 0 N–H and O–H groups in total. The maximum absolute atomic E-state index is 11.2. The van der Waals surface area contributed by atoms with E-state index in [2.05, 4.69) is 0 Å². The summed E-state index contributed by atoms with van der Waals surface area (Å²) >= 11 is 38.9. The fourth-order valence-electron chi connectivity index (χ4n) is 3.81. The van der Waals surface area contributed by atoms with Gasteiger partial charge in [-0.05, 0) is 22.3 Å². The normalized spacial score (nSPS) is 10.9. The summed E-state index contributed by atoms with van der Waals surface area (Å²) in [6.45, 7) is 0. The minimum Gasteiger partial charge on any atom is -0.454 e. The molecule has 0 bridgehead atoms. The lowest BCUT2D eigenvalue weighted by Gasteiger charge is -2.17. The summed E-state index contributed by atoms with van der Waals surface area (Å²) in [6.07, 6.45) is 0.257. The molecular weight excluding hydrogens is 633 g/mol. The minimum atomic E-state index is -0.503. The average Bonchev–Trinajstić information content (AvgIpc) is 2.91. The molecule has 4 aromatic carbocycles. The van der Waals surface area contributed by atoms with Crippen molar-refractivity contribution in [2.24, 2.45) is 0 Å². The summed E-state index contributed by atoms with van der Waals surface area (Å²) in [5.74, 6) is 0.209. The second-order valence-electron chi connectivity index (χ2n) is 8.24. The van der Waals surface area contributed by atoms with E-state index in [0.717, 1.165) is 0 Å². The van der Waals surface area contributed by atoms with E-state index in [4.69, 9.17) is 74.3 Å². The second-order valence-corrected chi connectivity index (χ2v) is 10.6. The van der Waals surface area contributed by atoms with Gasteiger partial charge in [0.1, 0.15) is 11.5 Å². The van der Waals surface area contributed by atoms with Gasteiger partial charge in [0.25, 0.3) is 11.4 Å². The molecule has 0 amide bonds. The quantitative estimate of drug-likeness (QED) is 0.108. The van der Waals surface area contributed by atoms with Crippen LogP contribution in [0.2, 0.25) is 30.1 Å². The van der Waals surface area contributed by atoms with Crippen LogP contribution >= 0.6 is 69.6 Å². The lowest BCUT2D eigenvalue weighted by molar-refractivity contribution is -0.385. The molecule has 0 fully saturated rings. The average molecular weight is 647 g/mol. The zero-order valence-corrected chi connectivity index (χ0v) is 23.9. The number of nitro groups is 2. The minimum absolute atomic E-state index is 0.0860. The molecule has 13 heteroatoms. The number of nitro benzene ring substituents is 2. The molecule has 0 saturated carbocycles. The van der Waals surface area contributed by atoms with Crippen LogP contribution < -0.4 is 4.74 Å². The van der Waals surface area contributed by atoms with Crippen LogP contribution in [0.1, 0.15) is 22.3 Å². The maximum atomic E-state index is 11.2. The number of non-ortho nitro benzene ring substituents is 2. The van der Waals surface area contributed by atoms with Gasteiger partial charge in [-0.15, -0.1) is 0 Å². The Balaban J connectivity index is 1.72. The van der Waals surface area contributed by atoms with Crippen LogP contribution in [0.5, 0.6) is 11.5 Å². The Labute approximate surface area is 252 Å². The van der Waals surface area contributed by atoms with Crippen molar-refractivity contribution in [3.8, 4) is 11.5 Å². The van der Waals surface area contributed by atoms with Crippen molar-refractivity contribution in [2.75, 3.05) is 0 Å². The molecule has 0 spiro atoms.